The third kappa shape index (κ3) is 2.97. The molecule has 0 bridgehead atoms. The molecule has 1 saturated heterocycles. The summed E-state index contributed by atoms with van der Waals surface area (Å²) in [5, 5.41) is 12.2. The number of carbonyl (C=O) groups is 1. The van der Waals surface area contributed by atoms with Crippen LogP contribution < -0.4 is 20.0 Å². The monoisotopic (exact) mass is 442 g/mol. The average molecular weight is 442 g/mol. The molecule has 8 nitrogen and oxygen atoms in total. The summed E-state index contributed by atoms with van der Waals surface area (Å²) in [6.45, 7) is 7.76. The van der Waals surface area contributed by atoms with E-state index < -0.39 is 22.8 Å². The first-order valence-electron chi connectivity index (χ1n) is 9.74. The first-order chi connectivity index (χ1) is 14.9. The van der Waals surface area contributed by atoms with Gasteiger partial charge in [0.1, 0.15) is 23.4 Å². The Morgan fingerprint density at radius 3 is 2.90 bits per heavy atom. The minimum atomic E-state index is -1.37. The lowest BCUT2D eigenvalue weighted by Crippen LogP contribution is -2.52. The van der Waals surface area contributed by atoms with Crippen molar-refractivity contribution >= 4 is 44.7 Å². The van der Waals surface area contributed by atoms with Crippen LogP contribution in [0.4, 0.5) is 15.2 Å². The van der Waals surface area contributed by atoms with Crippen molar-refractivity contribution in [3.63, 3.8) is 0 Å². The van der Waals surface area contributed by atoms with Crippen molar-refractivity contribution < 1.29 is 19.0 Å². The molecule has 0 amide bonds. The summed E-state index contributed by atoms with van der Waals surface area (Å²) in [6, 6.07) is 1.19. The number of aromatic nitrogens is 2. The molecular weight excluding hydrogens is 423 g/mol. The Bertz CT molecular complexity index is 1290. The molecule has 3 aromatic rings. The minimum absolute atomic E-state index is 0.0357. The minimum Gasteiger partial charge on any atom is -0.483 e. The number of carboxylic acids is 1. The molecule has 31 heavy (non-hydrogen) atoms. The third-order valence-electron chi connectivity index (χ3n) is 5.73. The Morgan fingerprint density at radius 2 is 2.23 bits per heavy atom. The Hall–Kier alpha value is -3.40. The fraction of sp³-hybridized carbons (Fsp3) is 0.286. The van der Waals surface area contributed by atoms with Crippen LogP contribution in [0.3, 0.4) is 0 Å². The highest BCUT2D eigenvalue weighted by Gasteiger charge is 2.32. The average Bonchev–Trinajstić information content (AvgIpc) is 3.26. The molecule has 10 heteroatoms. The first kappa shape index (κ1) is 19.6. The van der Waals surface area contributed by atoms with Gasteiger partial charge >= 0.3 is 5.97 Å². The number of carboxylic acid groups (broad SMARTS) is 1. The zero-order chi connectivity index (χ0) is 21.9. The number of benzene rings is 1. The maximum atomic E-state index is 15.4. The largest absolute Gasteiger partial charge is 0.483 e. The molecule has 0 saturated carbocycles. The van der Waals surface area contributed by atoms with Crippen LogP contribution in [-0.2, 0) is 0 Å². The van der Waals surface area contributed by atoms with Crippen LogP contribution in [0, 0.1) is 5.82 Å². The van der Waals surface area contributed by atoms with Crippen molar-refractivity contribution in [3.05, 3.63) is 52.0 Å². The van der Waals surface area contributed by atoms with Gasteiger partial charge in [0.25, 0.3) is 0 Å². The topological polar surface area (TPSA) is 87.9 Å². The summed E-state index contributed by atoms with van der Waals surface area (Å²) < 4.78 is 22.7. The Morgan fingerprint density at radius 1 is 1.42 bits per heavy atom. The molecule has 2 aromatic heterocycles. The van der Waals surface area contributed by atoms with E-state index in [-0.39, 0.29) is 29.5 Å². The summed E-state index contributed by atoms with van der Waals surface area (Å²) in [7, 11) is 0. The van der Waals surface area contributed by atoms with E-state index in [1.165, 1.54) is 10.8 Å². The van der Waals surface area contributed by atoms with Gasteiger partial charge in [0.2, 0.25) is 5.43 Å². The fourth-order valence-corrected chi connectivity index (χ4v) is 5.05. The van der Waals surface area contributed by atoms with E-state index in [1.54, 1.807) is 17.5 Å². The summed E-state index contributed by atoms with van der Waals surface area (Å²) in [5.41, 5.74) is -0.0796. The molecule has 1 N–H and O–H groups in total. The number of nitrogens with zero attached hydrogens (tertiary/aromatic N) is 4. The van der Waals surface area contributed by atoms with Crippen LogP contribution in [0.1, 0.15) is 17.3 Å². The standard InChI is InChI=1S/C21H19FN4O4S/c1-11-8-24(4-5-25(11)21-23-3-6-31-21)17-15(22)7-13-16-19(17)30-10-12(2)26(16)9-14(18(13)27)20(28)29/h3,6-7,9,11H,2,4-5,8,10H2,1H3,(H,28,29). The quantitative estimate of drug-likeness (QED) is 0.667. The number of thiazole rings is 1. The molecule has 2 aliphatic heterocycles. The Labute approximate surface area is 180 Å². The van der Waals surface area contributed by atoms with Crippen LogP contribution in [-0.4, -0.2) is 52.9 Å². The second-order valence-electron chi connectivity index (χ2n) is 7.64. The van der Waals surface area contributed by atoms with Gasteiger partial charge in [0, 0.05) is 43.4 Å². The first-order valence-corrected chi connectivity index (χ1v) is 10.6. The normalized spacial score (nSPS) is 18.4. The molecule has 0 radical (unpaired) electrons. The SMILES string of the molecule is C=C1COc2c(N3CCN(c4nccs4)C(C)C3)c(F)cc3c(=O)c(C(=O)O)cn1c23. The van der Waals surface area contributed by atoms with Crippen LogP contribution in [0.15, 0.2) is 35.2 Å². The molecule has 1 aromatic carbocycles. The maximum Gasteiger partial charge on any atom is 0.341 e. The van der Waals surface area contributed by atoms with Gasteiger partial charge < -0.3 is 24.2 Å². The molecule has 1 atom stereocenters. The van der Waals surface area contributed by atoms with Gasteiger partial charge in [-0.15, -0.1) is 11.3 Å². The van der Waals surface area contributed by atoms with Crippen LogP contribution >= 0.6 is 11.3 Å². The molecule has 0 aliphatic carbocycles. The van der Waals surface area contributed by atoms with Crippen molar-refractivity contribution in [2.75, 3.05) is 36.0 Å². The number of ether oxygens (including phenoxy) is 1. The maximum absolute atomic E-state index is 15.4. The molecule has 0 spiro atoms. The molecule has 1 unspecified atom stereocenters. The van der Waals surface area contributed by atoms with Gasteiger partial charge in [-0.05, 0) is 13.0 Å². The predicted molar refractivity (Wildman–Crippen MR) is 117 cm³/mol. The number of halogens is 1. The summed E-state index contributed by atoms with van der Waals surface area (Å²) in [6.07, 6.45) is 3.00. The molecular formula is C21H19FN4O4S. The summed E-state index contributed by atoms with van der Waals surface area (Å²) in [5.74, 6) is -1.74. The molecule has 1 fully saturated rings. The van der Waals surface area contributed by atoms with Gasteiger partial charge in [-0.1, -0.05) is 6.58 Å². The number of pyridine rings is 1. The zero-order valence-electron chi connectivity index (χ0n) is 16.7. The molecule has 160 valence electrons. The lowest BCUT2D eigenvalue weighted by atomic mass is 10.1. The number of anilines is 2. The fourth-order valence-electron chi connectivity index (χ4n) is 4.28. The van der Waals surface area contributed by atoms with Crippen molar-refractivity contribution in [2.24, 2.45) is 0 Å². The zero-order valence-corrected chi connectivity index (χ0v) is 17.5. The van der Waals surface area contributed by atoms with Crippen molar-refractivity contribution in [3.8, 4) is 5.75 Å². The van der Waals surface area contributed by atoms with Crippen LogP contribution in [0.5, 0.6) is 5.75 Å². The van der Waals surface area contributed by atoms with E-state index in [9.17, 15) is 14.7 Å². The summed E-state index contributed by atoms with van der Waals surface area (Å²) >= 11 is 1.56. The highest BCUT2D eigenvalue weighted by Crippen LogP contribution is 2.42. The second-order valence-corrected chi connectivity index (χ2v) is 8.51. The van der Waals surface area contributed by atoms with E-state index in [2.05, 4.69) is 23.4 Å². The van der Waals surface area contributed by atoms with Gasteiger partial charge in [-0.25, -0.2) is 14.2 Å². The highest BCUT2D eigenvalue weighted by molar-refractivity contribution is 7.13. The van der Waals surface area contributed by atoms with Crippen LogP contribution in [0.25, 0.3) is 16.6 Å². The number of aromatic carboxylic acids is 1. The lowest BCUT2D eigenvalue weighted by Gasteiger charge is -2.41. The van der Waals surface area contributed by atoms with Crippen LogP contribution in [0.2, 0.25) is 0 Å². The lowest BCUT2D eigenvalue weighted by molar-refractivity contribution is 0.0695. The van der Waals surface area contributed by atoms with Gasteiger partial charge in [-0.2, -0.15) is 0 Å². The molecule has 4 heterocycles. The summed E-state index contributed by atoms with van der Waals surface area (Å²) in [4.78, 5) is 32.7. The number of hydrogen-bond acceptors (Lipinski definition) is 7. The van der Waals surface area contributed by atoms with E-state index in [0.29, 0.717) is 30.8 Å². The molecule has 5 rings (SSSR count). The van der Waals surface area contributed by atoms with Gasteiger partial charge in [0.05, 0.1) is 11.1 Å². The predicted octanol–water partition coefficient (Wildman–Crippen LogP) is 2.87. The van der Waals surface area contributed by atoms with E-state index >= 15 is 4.39 Å². The van der Waals surface area contributed by atoms with Crippen molar-refractivity contribution in [1.29, 1.82) is 0 Å². The van der Waals surface area contributed by atoms with E-state index in [0.717, 1.165) is 11.2 Å². The second kappa shape index (κ2) is 7.09. The van der Waals surface area contributed by atoms with E-state index in [4.69, 9.17) is 4.74 Å². The number of hydrogen-bond donors (Lipinski definition) is 1. The smallest absolute Gasteiger partial charge is 0.341 e. The third-order valence-corrected chi connectivity index (χ3v) is 6.54. The molecule has 2 aliphatic rings. The number of rotatable bonds is 3. The highest BCUT2D eigenvalue weighted by atomic mass is 32.1. The van der Waals surface area contributed by atoms with Crippen molar-refractivity contribution in [1.82, 2.24) is 9.55 Å². The van der Waals surface area contributed by atoms with Gasteiger partial charge in [0.15, 0.2) is 16.7 Å². The number of piperazine rings is 1. The van der Waals surface area contributed by atoms with E-state index in [1.807, 2.05) is 10.3 Å². The Kier molecular flexibility index (Phi) is 4.47. The van der Waals surface area contributed by atoms with Crippen molar-refractivity contribution in [2.45, 2.75) is 13.0 Å². The Balaban J connectivity index is 1.64. The van der Waals surface area contributed by atoms with Gasteiger partial charge in [-0.3, -0.25) is 4.79 Å².